The number of pyridine rings is 1. The number of rotatable bonds is 7. The van der Waals surface area contributed by atoms with Crippen molar-refractivity contribution in [3.8, 4) is 11.4 Å². The van der Waals surface area contributed by atoms with Gasteiger partial charge in [0.2, 0.25) is 0 Å². The van der Waals surface area contributed by atoms with E-state index in [-0.39, 0.29) is 17.2 Å². The van der Waals surface area contributed by atoms with Crippen LogP contribution in [0.15, 0.2) is 41.3 Å². The van der Waals surface area contributed by atoms with Crippen molar-refractivity contribution < 1.29 is 14.3 Å². The van der Waals surface area contributed by atoms with Gasteiger partial charge >= 0.3 is 0 Å². The Hall–Kier alpha value is -2.60. The van der Waals surface area contributed by atoms with Crippen molar-refractivity contribution in [1.82, 2.24) is 9.88 Å². The maximum Gasteiger partial charge on any atom is 0.268 e. The third kappa shape index (κ3) is 4.09. The number of methoxy groups -OCH3 is 2. The van der Waals surface area contributed by atoms with Crippen LogP contribution in [0, 0.1) is 6.92 Å². The van der Waals surface area contributed by atoms with Gasteiger partial charge in [0.05, 0.1) is 25.4 Å². The number of ether oxygens (including phenoxy) is 2. The molecule has 0 radical (unpaired) electrons. The fraction of sp³-hybridized carbons (Fsp3) is 0.368. The summed E-state index contributed by atoms with van der Waals surface area (Å²) in [4.78, 5) is 25.6. The minimum Gasteiger partial charge on any atom is -0.495 e. The molecule has 0 aliphatic rings. The molecule has 0 aliphatic carbocycles. The highest BCUT2D eigenvalue weighted by Gasteiger charge is 2.20. The molecule has 1 unspecified atom stereocenters. The number of carbonyl (C=O) groups excluding carboxylic acids is 1. The minimum absolute atomic E-state index is 0.128. The fourth-order valence-corrected chi connectivity index (χ4v) is 2.64. The van der Waals surface area contributed by atoms with E-state index in [0.717, 1.165) is 0 Å². The quantitative estimate of drug-likeness (QED) is 0.837. The first kappa shape index (κ1) is 18.7. The number of nitrogens with zero attached hydrogens (tertiary/aromatic N) is 1. The summed E-state index contributed by atoms with van der Waals surface area (Å²) in [5.41, 5.74) is 0.964. The van der Waals surface area contributed by atoms with E-state index in [1.54, 1.807) is 45.5 Å². The third-order valence-corrected chi connectivity index (χ3v) is 4.07. The number of aromatic nitrogens is 1. The van der Waals surface area contributed by atoms with E-state index < -0.39 is 5.91 Å². The molecule has 0 spiro atoms. The Bertz CT molecular complexity index is 798. The summed E-state index contributed by atoms with van der Waals surface area (Å²) in [6, 6.07) is 8.79. The van der Waals surface area contributed by atoms with Gasteiger partial charge in [-0.15, -0.1) is 0 Å². The van der Waals surface area contributed by atoms with Crippen molar-refractivity contribution in [2.45, 2.75) is 26.3 Å². The second-order valence-electron chi connectivity index (χ2n) is 5.75. The highest BCUT2D eigenvalue weighted by Crippen LogP contribution is 2.21. The number of nitrogens with one attached hydrogen (secondary N) is 1. The molecule has 1 aromatic heterocycles. The number of hydrogen-bond donors (Lipinski definition) is 1. The van der Waals surface area contributed by atoms with Crippen LogP contribution in [-0.2, 0) is 4.74 Å². The molecule has 0 aliphatic heterocycles. The predicted octanol–water partition coefficient (Wildman–Crippen LogP) is 2.31. The highest BCUT2D eigenvalue weighted by molar-refractivity contribution is 5.95. The van der Waals surface area contributed by atoms with Gasteiger partial charge < -0.3 is 14.8 Å². The zero-order valence-corrected chi connectivity index (χ0v) is 15.0. The molecule has 0 bridgehead atoms. The van der Waals surface area contributed by atoms with Gasteiger partial charge in [0.25, 0.3) is 11.5 Å². The zero-order chi connectivity index (χ0) is 18.4. The highest BCUT2D eigenvalue weighted by atomic mass is 16.5. The number of benzene rings is 1. The van der Waals surface area contributed by atoms with Crippen molar-refractivity contribution in [2.24, 2.45) is 0 Å². The van der Waals surface area contributed by atoms with Crippen molar-refractivity contribution in [2.75, 3.05) is 20.8 Å². The SMILES string of the molecule is CCC(COC)NC(=O)c1c(C)ccn(-c2ccccc2OC)c1=O. The van der Waals surface area contributed by atoms with Gasteiger partial charge in [-0.2, -0.15) is 0 Å². The van der Waals surface area contributed by atoms with E-state index in [1.807, 2.05) is 19.1 Å². The summed E-state index contributed by atoms with van der Waals surface area (Å²) in [5.74, 6) is 0.168. The topological polar surface area (TPSA) is 69.6 Å². The van der Waals surface area contributed by atoms with Crippen LogP contribution in [0.25, 0.3) is 5.69 Å². The molecule has 6 nitrogen and oxygen atoms in total. The Labute approximate surface area is 147 Å². The monoisotopic (exact) mass is 344 g/mol. The Morgan fingerprint density at radius 2 is 1.96 bits per heavy atom. The maximum atomic E-state index is 12.9. The summed E-state index contributed by atoms with van der Waals surface area (Å²) in [5, 5.41) is 2.86. The molecule has 0 saturated carbocycles. The number of para-hydroxylation sites is 2. The second-order valence-corrected chi connectivity index (χ2v) is 5.75. The molecule has 1 heterocycles. The van der Waals surface area contributed by atoms with Gasteiger partial charge in [-0.3, -0.25) is 14.2 Å². The van der Waals surface area contributed by atoms with Gasteiger partial charge in [0, 0.05) is 13.3 Å². The molecule has 2 rings (SSSR count). The minimum atomic E-state index is -0.393. The molecule has 2 aromatic rings. The van der Waals surface area contributed by atoms with Gasteiger partial charge in [0.15, 0.2) is 0 Å². The summed E-state index contributed by atoms with van der Waals surface area (Å²) < 4.78 is 11.9. The molecule has 6 heteroatoms. The van der Waals surface area contributed by atoms with Crippen LogP contribution in [0.3, 0.4) is 0 Å². The molecule has 0 saturated heterocycles. The van der Waals surface area contributed by atoms with Crippen molar-refractivity contribution in [1.29, 1.82) is 0 Å². The lowest BCUT2D eigenvalue weighted by Crippen LogP contribution is -2.41. The number of amides is 1. The second kappa shape index (κ2) is 8.48. The number of carbonyl (C=O) groups is 1. The standard InChI is InChI=1S/C19H24N2O4/c1-5-14(12-24-3)20-18(22)17-13(2)10-11-21(19(17)23)15-8-6-7-9-16(15)25-4/h6-11,14H,5,12H2,1-4H3,(H,20,22). The Morgan fingerprint density at radius 3 is 2.60 bits per heavy atom. The number of aryl methyl sites for hydroxylation is 1. The van der Waals surface area contributed by atoms with Crippen molar-refractivity contribution in [3.05, 3.63) is 58.0 Å². The van der Waals surface area contributed by atoms with Crippen LogP contribution >= 0.6 is 0 Å². The lowest BCUT2D eigenvalue weighted by molar-refractivity contribution is 0.0892. The van der Waals surface area contributed by atoms with Gasteiger partial charge in [-0.25, -0.2) is 0 Å². The van der Waals surface area contributed by atoms with Crippen LogP contribution in [-0.4, -0.2) is 37.3 Å². The molecule has 1 N–H and O–H groups in total. The largest absolute Gasteiger partial charge is 0.495 e. The first-order valence-corrected chi connectivity index (χ1v) is 8.18. The molecule has 1 aromatic carbocycles. The zero-order valence-electron chi connectivity index (χ0n) is 15.0. The Kier molecular flexibility index (Phi) is 6.36. The molecule has 134 valence electrons. The first-order chi connectivity index (χ1) is 12.0. The van der Waals surface area contributed by atoms with Crippen LogP contribution < -0.4 is 15.6 Å². The van der Waals surface area contributed by atoms with E-state index in [4.69, 9.17) is 9.47 Å². The fourth-order valence-electron chi connectivity index (χ4n) is 2.64. The third-order valence-electron chi connectivity index (χ3n) is 4.07. The number of hydrogen-bond acceptors (Lipinski definition) is 4. The van der Waals surface area contributed by atoms with Crippen molar-refractivity contribution >= 4 is 5.91 Å². The smallest absolute Gasteiger partial charge is 0.268 e. The van der Waals surface area contributed by atoms with E-state index >= 15 is 0 Å². The first-order valence-electron chi connectivity index (χ1n) is 8.18. The summed E-state index contributed by atoms with van der Waals surface area (Å²) in [7, 11) is 3.12. The van der Waals surface area contributed by atoms with E-state index in [0.29, 0.717) is 30.0 Å². The average Bonchev–Trinajstić information content (AvgIpc) is 2.61. The molecular formula is C19H24N2O4. The molecular weight excluding hydrogens is 320 g/mol. The molecule has 0 fully saturated rings. The predicted molar refractivity (Wildman–Crippen MR) is 96.7 cm³/mol. The Balaban J connectivity index is 2.47. The average molecular weight is 344 g/mol. The van der Waals surface area contributed by atoms with Crippen LogP contribution in [0.2, 0.25) is 0 Å². The van der Waals surface area contributed by atoms with Crippen molar-refractivity contribution in [3.63, 3.8) is 0 Å². The van der Waals surface area contributed by atoms with Crippen LogP contribution in [0.4, 0.5) is 0 Å². The van der Waals surface area contributed by atoms with E-state index in [9.17, 15) is 9.59 Å². The summed E-state index contributed by atoms with van der Waals surface area (Å²) in [6.45, 7) is 4.10. The summed E-state index contributed by atoms with van der Waals surface area (Å²) in [6.07, 6.45) is 2.37. The molecule has 25 heavy (non-hydrogen) atoms. The molecule has 1 atom stereocenters. The normalized spacial score (nSPS) is 11.8. The van der Waals surface area contributed by atoms with Crippen LogP contribution in [0.5, 0.6) is 5.75 Å². The lowest BCUT2D eigenvalue weighted by Gasteiger charge is -2.17. The Morgan fingerprint density at radius 1 is 1.24 bits per heavy atom. The summed E-state index contributed by atoms with van der Waals surface area (Å²) >= 11 is 0. The maximum absolute atomic E-state index is 12.9. The van der Waals surface area contributed by atoms with Gasteiger partial charge in [-0.1, -0.05) is 19.1 Å². The van der Waals surface area contributed by atoms with E-state index in [1.165, 1.54) is 4.57 Å². The van der Waals surface area contributed by atoms with Crippen LogP contribution in [0.1, 0.15) is 29.3 Å². The van der Waals surface area contributed by atoms with Gasteiger partial charge in [-0.05, 0) is 37.1 Å². The van der Waals surface area contributed by atoms with E-state index in [2.05, 4.69) is 5.32 Å². The lowest BCUT2D eigenvalue weighted by atomic mass is 10.1. The van der Waals surface area contributed by atoms with Gasteiger partial charge in [0.1, 0.15) is 11.3 Å². The molecule has 1 amide bonds.